The van der Waals surface area contributed by atoms with Crippen molar-refractivity contribution in [3.8, 4) is 0 Å². The van der Waals surface area contributed by atoms with Gasteiger partial charge in [0.1, 0.15) is 0 Å². The van der Waals surface area contributed by atoms with E-state index < -0.39 is 0 Å². The first-order chi connectivity index (χ1) is 4.83. The van der Waals surface area contributed by atoms with E-state index in [1.54, 1.807) is 0 Å². The first-order valence-electron chi connectivity index (χ1n) is 4.21. The molecule has 0 bridgehead atoms. The van der Waals surface area contributed by atoms with Crippen molar-refractivity contribution in [2.45, 2.75) is 19.3 Å². The average Bonchev–Trinajstić information content (AvgIpc) is 1.88. The van der Waals surface area contributed by atoms with Gasteiger partial charge in [0, 0.05) is 6.54 Å². The summed E-state index contributed by atoms with van der Waals surface area (Å²) in [4.78, 5) is 2.41. The van der Waals surface area contributed by atoms with Crippen molar-refractivity contribution in [1.29, 1.82) is 0 Å². The summed E-state index contributed by atoms with van der Waals surface area (Å²) in [5.74, 6) is 0.878. The largest absolute Gasteiger partial charge is 0.330 e. The molecule has 2 nitrogen and oxygen atoms in total. The summed E-state index contributed by atoms with van der Waals surface area (Å²) in [6.45, 7) is 3.40. The molecule has 1 aliphatic heterocycles. The molecule has 1 saturated heterocycles. The van der Waals surface area contributed by atoms with E-state index in [9.17, 15) is 0 Å². The fourth-order valence-electron chi connectivity index (χ4n) is 1.74. The molecule has 1 aliphatic rings. The Bertz CT molecular complexity index is 91.3. The second kappa shape index (κ2) is 3.94. The standard InChI is InChI=1S/C8H18N2/c1-10-6-2-3-8(7-10)4-5-9/h8H,2-7,9H2,1H3/t8-/m1/s1. The molecule has 2 heteroatoms. The van der Waals surface area contributed by atoms with Gasteiger partial charge in [0.15, 0.2) is 0 Å². The highest BCUT2D eigenvalue weighted by Crippen LogP contribution is 2.16. The number of nitrogens with two attached hydrogens (primary N) is 1. The topological polar surface area (TPSA) is 29.3 Å². The third-order valence-electron chi connectivity index (χ3n) is 2.30. The maximum Gasteiger partial charge on any atom is 0.000709 e. The van der Waals surface area contributed by atoms with Crippen LogP contribution in [0.15, 0.2) is 0 Å². The van der Waals surface area contributed by atoms with Crippen molar-refractivity contribution < 1.29 is 0 Å². The average molecular weight is 142 g/mol. The van der Waals surface area contributed by atoms with E-state index in [1.165, 1.54) is 32.4 Å². The molecule has 60 valence electrons. The lowest BCUT2D eigenvalue weighted by atomic mass is 9.95. The molecule has 0 spiro atoms. The Kier molecular flexibility index (Phi) is 3.16. The van der Waals surface area contributed by atoms with E-state index >= 15 is 0 Å². The van der Waals surface area contributed by atoms with Gasteiger partial charge in [-0.25, -0.2) is 0 Å². The minimum absolute atomic E-state index is 0.860. The first kappa shape index (κ1) is 8.02. The lowest BCUT2D eigenvalue weighted by Gasteiger charge is -2.29. The van der Waals surface area contributed by atoms with Crippen LogP contribution >= 0.6 is 0 Å². The van der Waals surface area contributed by atoms with E-state index in [0.29, 0.717) is 0 Å². The number of likely N-dealkylation sites (tertiary alicyclic amines) is 1. The molecular weight excluding hydrogens is 124 g/mol. The van der Waals surface area contributed by atoms with Crippen LogP contribution in [0.3, 0.4) is 0 Å². The second-order valence-corrected chi connectivity index (χ2v) is 3.35. The zero-order valence-corrected chi connectivity index (χ0v) is 6.84. The molecule has 0 radical (unpaired) electrons. The van der Waals surface area contributed by atoms with Crippen LogP contribution < -0.4 is 5.73 Å². The normalized spacial score (nSPS) is 28.8. The van der Waals surface area contributed by atoms with Crippen LogP contribution in [-0.4, -0.2) is 31.6 Å². The van der Waals surface area contributed by atoms with Gasteiger partial charge in [-0.1, -0.05) is 0 Å². The van der Waals surface area contributed by atoms with E-state index in [2.05, 4.69) is 11.9 Å². The minimum Gasteiger partial charge on any atom is -0.330 e. The fraction of sp³-hybridized carbons (Fsp3) is 1.00. The van der Waals surface area contributed by atoms with Gasteiger partial charge >= 0.3 is 0 Å². The number of hydrogen-bond donors (Lipinski definition) is 1. The smallest absolute Gasteiger partial charge is 0.000709 e. The number of hydrogen-bond acceptors (Lipinski definition) is 2. The minimum atomic E-state index is 0.860. The van der Waals surface area contributed by atoms with Crippen molar-refractivity contribution in [2.75, 3.05) is 26.7 Å². The molecule has 0 amide bonds. The fourth-order valence-corrected chi connectivity index (χ4v) is 1.74. The summed E-state index contributed by atoms with van der Waals surface area (Å²) in [5, 5.41) is 0. The lowest BCUT2D eigenvalue weighted by Crippen LogP contribution is -2.32. The highest BCUT2D eigenvalue weighted by atomic mass is 15.1. The highest BCUT2D eigenvalue weighted by molar-refractivity contribution is 4.70. The number of piperidine rings is 1. The van der Waals surface area contributed by atoms with E-state index in [-0.39, 0.29) is 0 Å². The van der Waals surface area contributed by atoms with Gasteiger partial charge < -0.3 is 10.6 Å². The number of rotatable bonds is 2. The maximum atomic E-state index is 5.49. The molecule has 1 atom stereocenters. The molecule has 0 aromatic heterocycles. The van der Waals surface area contributed by atoms with Gasteiger partial charge in [-0.2, -0.15) is 0 Å². The predicted molar refractivity (Wildman–Crippen MR) is 43.9 cm³/mol. The Morgan fingerprint density at radius 1 is 1.60 bits per heavy atom. The molecule has 2 N–H and O–H groups in total. The summed E-state index contributed by atoms with van der Waals surface area (Å²) >= 11 is 0. The zero-order chi connectivity index (χ0) is 7.40. The summed E-state index contributed by atoms with van der Waals surface area (Å²) in [7, 11) is 2.20. The molecule has 0 unspecified atom stereocenters. The summed E-state index contributed by atoms with van der Waals surface area (Å²) in [6, 6.07) is 0. The SMILES string of the molecule is CN1CCC[C@H](CCN)C1. The van der Waals surface area contributed by atoms with Crippen LogP contribution in [0.1, 0.15) is 19.3 Å². The van der Waals surface area contributed by atoms with Crippen molar-refractivity contribution >= 4 is 0 Å². The van der Waals surface area contributed by atoms with Crippen molar-refractivity contribution in [2.24, 2.45) is 11.7 Å². The Balaban J connectivity index is 2.18. The summed E-state index contributed by atoms with van der Waals surface area (Å²) in [6.07, 6.45) is 3.97. The van der Waals surface area contributed by atoms with E-state index in [4.69, 9.17) is 5.73 Å². The third-order valence-corrected chi connectivity index (χ3v) is 2.30. The molecule has 10 heavy (non-hydrogen) atoms. The molecule has 1 rings (SSSR count). The van der Waals surface area contributed by atoms with Crippen molar-refractivity contribution in [3.63, 3.8) is 0 Å². The Morgan fingerprint density at radius 2 is 2.40 bits per heavy atom. The summed E-state index contributed by atoms with van der Waals surface area (Å²) in [5.41, 5.74) is 5.49. The van der Waals surface area contributed by atoms with Crippen LogP contribution in [0.5, 0.6) is 0 Å². The van der Waals surface area contributed by atoms with E-state index in [1.807, 2.05) is 0 Å². The quantitative estimate of drug-likeness (QED) is 0.614. The molecule has 1 fully saturated rings. The van der Waals surface area contributed by atoms with Gasteiger partial charge in [0.25, 0.3) is 0 Å². The Hall–Kier alpha value is -0.0800. The molecule has 0 aromatic rings. The Labute approximate surface area is 63.4 Å². The van der Waals surface area contributed by atoms with Gasteiger partial charge in [-0.05, 0) is 45.3 Å². The molecule has 0 saturated carbocycles. The molecule has 1 heterocycles. The Morgan fingerprint density at radius 3 is 3.00 bits per heavy atom. The lowest BCUT2D eigenvalue weighted by molar-refractivity contribution is 0.204. The van der Waals surface area contributed by atoms with Crippen LogP contribution in [-0.2, 0) is 0 Å². The van der Waals surface area contributed by atoms with Gasteiger partial charge in [0.2, 0.25) is 0 Å². The zero-order valence-electron chi connectivity index (χ0n) is 6.84. The monoisotopic (exact) mass is 142 g/mol. The molecule has 0 aromatic carbocycles. The highest BCUT2D eigenvalue weighted by Gasteiger charge is 2.15. The predicted octanol–water partition coefficient (Wildman–Crippen LogP) is 0.677. The molecule has 0 aliphatic carbocycles. The number of nitrogens with zero attached hydrogens (tertiary/aromatic N) is 1. The third kappa shape index (κ3) is 2.27. The second-order valence-electron chi connectivity index (χ2n) is 3.35. The summed E-state index contributed by atoms with van der Waals surface area (Å²) < 4.78 is 0. The first-order valence-corrected chi connectivity index (χ1v) is 4.21. The van der Waals surface area contributed by atoms with Crippen LogP contribution in [0.4, 0.5) is 0 Å². The van der Waals surface area contributed by atoms with Gasteiger partial charge in [-0.3, -0.25) is 0 Å². The molecular formula is C8H18N2. The maximum absolute atomic E-state index is 5.49. The van der Waals surface area contributed by atoms with Crippen molar-refractivity contribution in [3.05, 3.63) is 0 Å². The van der Waals surface area contributed by atoms with Crippen molar-refractivity contribution in [1.82, 2.24) is 4.90 Å². The van der Waals surface area contributed by atoms with Gasteiger partial charge in [0.05, 0.1) is 0 Å². The van der Waals surface area contributed by atoms with Crippen LogP contribution in [0, 0.1) is 5.92 Å². The van der Waals surface area contributed by atoms with Crippen LogP contribution in [0.25, 0.3) is 0 Å². The van der Waals surface area contributed by atoms with E-state index in [0.717, 1.165) is 12.5 Å². The van der Waals surface area contributed by atoms with Gasteiger partial charge in [-0.15, -0.1) is 0 Å². The van der Waals surface area contributed by atoms with Crippen LogP contribution in [0.2, 0.25) is 0 Å².